The Bertz CT molecular complexity index is 525. The molecule has 0 bridgehead atoms. The normalized spacial score (nSPS) is 20.3. The number of aromatic nitrogens is 3. The lowest BCUT2D eigenvalue weighted by atomic mass is 10.0. The first-order valence-electron chi connectivity index (χ1n) is 6.83. The van der Waals surface area contributed by atoms with E-state index in [4.69, 9.17) is 0 Å². The molecule has 0 spiro atoms. The van der Waals surface area contributed by atoms with Gasteiger partial charge in [-0.05, 0) is 37.3 Å². The van der Waals surface area contributed by atoms with Gasteiger partial charge in [0, 0.05) is 19.3 Å². The molecule has 1 unspecified atom stereocenters. The lowest BCUT2D eigenvalue weighted by Crippen LogP contribution is -2.23. The molecule has 100 valence electrons. The quantitative estimate of drug-likeness (QED) is 0.843. The molecule has 2 aromatic rings. The van der Waals surface area contributed by atoms with E-state index >= 15 is 0 Å². The summed E-state index contributed by atoms with van der Waals surface area (Å²) in [7, 11) is 0. The zero-order valence-electron chi connectivity index (χ0n) is 11.1. The van der Waals surface area contributed by atoms with Gasteiger partial charge in [-0.2, -0.15) is 0 Å². The Balaban J connectivity index is 1.77. The maximum absolute atomic E-state index is 4.34. The van der Waals surface area contributed by atoms with Gasteiger partial charge in [0.05, 0.1) is 0 Å². The number of nitrogens with zero attached hydrogens (tertiary/aromatic N) is 4. The Labute approximate surface area is 117 Å². The van der Waals surface area contributed by atoms with Crippen molar-refractivity contribution in [1.29, 1.82) is 0 Å². The van der Waals surface area contributed by atoms with Crippen molar-refractivity contribution < 1.29 is 0 Å². The molecule has 0 radical (unpaired) electrons. The highest BCUT2D eigenvalue weighted by molar-refractivity contribution is 7.18. The SMILES string of the molecule is CC1CCCN(c2nnc(-c3ccccn3)s2)CC1. The van der Waals surface area contributed by atoms with Crippen LogP contribution in [0, 0.1) is 5.92 Å². The van der Waals surface area contributed by atoms with Gasteiger partial charge in [-0.3, -0.25) is 4.98 Å². The van der Waals surface area contributed by atoms with E-state index in [0.717, 1.165) is 34.8 Å². The molecule has 2 aromatic heterocycles. The highest BCUT2D eigenvalue weighted by atomic mass is 32.1. The summed E-state index contributed by atoms with van der Waals surface area (Å²) < 4.78 is 0. The van der Waals surface area contributed by atoms with Crippen LogP contribution in [0.25, 0.3) is 10.7 Å². The summed E-state index contributed by atoms with van der Waals surface area (Å²) in [5.74, 6) is 0.827. The monoisotopic (exact) mass is 274 g/mol. The largest absolute Gasteiger partial charge is 0.347 e. The number of hydrogen-bond acceptors (Lipinski definition) is 5. The van der Waals surface area contributed by atoms with Gasteiger partial charge in [-0.25, -0.2) is 0 Å². The van der Waals surface area contributed by atoms with Crippen molar-refractivity contribution >= 4 is 16.5 Å². The number of pyridine rings is 1. The molecule has 0 aliphatic carbocycles. The average molecular weight is 274 g/mol. The predicted octanol–water partition coefficient (Wildman–Crippen LogP) is 3.23. The molecule has 0 saturated carbocycles. The molecule has 1 saturated heterocycles. The van der Waals surface area contributed by atoms with E-state index in [2.05, 4.69) is 27.0 Å². The average Bonchev–Trinajstić information content (AvgIpc) is 2.84. The van der Waals surface area contributed by atoms with Crippen LogP contribution in [-0.4, -0.2) is 28.3 Å². The second kappa shape index (κ2) is 5.65. The molecule has 19 heavy (non-hydrogen) atoms. The van der Waals surface area contributed by atoms with Crippen molar-refractivity contribution in [2.24, 2.45) is 5.92 Å². The van der Waals surface area contributed by atoms with Crippen LogP contribution < -0.4 is 4.90 Å². The van der Waals surface area contributed by atoms with Gasteiger partial charge in [0.2, 0.25) is 5.13 Å². The maximum Gasteiger partial charge on any atom is 0.208 e. The third-order valence-electron chi connectivity index (χ3n) is 3.59. The van der Waals surface area contributed by atoms with Crippen molar-refractivity contribution in [1.82, 2.24) is 15.2 Å². The first-order chi connectivity index (χ1) is 9.33. The molecule has 5 heteroatoms. The summed E-state index contributed by atoms with van der Waals surface area (Å²) in [6.45, 7) is 4.53. The Kier molecular flexibility index (Phi) is 3.73. The summed E-state index contributed by atoms with van der Waals surface area (Å²) >= 11 is 1.64. The van der Waals surface area contributed by atoms with Crippen molar-refractivity contribution in [3.63, 3.8) is 0 Å². The summed E-state index contributed by atoms with van der Waals surface area (Å²) in [5, 5.41) is 10.6. The molecule has 1 atom stereocenters. The van der Waals surface area contributed by atoms with E-state index in [-0.39, 0.29) is 0 Å². The molecule has 4 nitrogen and oxygen atoms in total. The summed E-state index contributed by atoms with van der Waals surface area (Å²) in [6.07, 6.45) is 5.62. The van der Waals surface area contributed by atoms with Gasteiger partial charge in [0.25, 0.3) is 0 Å². The summed E-state index contributed by atoms with van der Waals surface area (Å²) in [5.41, 5.74) is 0.912. The van der Waals surface area contributed by atoms with Gasteiger partial charge >= 0.3 is 0 Å². The van der Waals surface area contributed by atoms with Crippen molar-refractivity contribution in [3.8, 4) is 10.7 Å². The summed E-state index contributed by atoms with van der Waals surface area (Å²) in [4.78, 5) is 6.70. The predicted molar refractivity (Wildman–Crippen MR) is 78.4 cm³/mol. The van der Waals surface area contributed by atoms with Crippen LogP contribution in [0.4, 0.5) is 5.13 Å². The second-order valence-corrected chi connectivity index (χ2v) is 6.08. The van der Waals surface area contributed by atoms with E-state index in [1.165, 1.54) is 19.3 Å². The van der Waals surface area contributed by atoms with E-state index in [1.807, 2.05) is 18.2 Å². The second-order valence-electron chi connectivity index (χ2n) is 5.13. The molecule has 0 aromatic carbocycles. The van der Waals surface area contributed by atoms with Gasteiger partial charge in [0.15, 0.2) is 5.01 Å². The van der Waals surface area contributed by atoms with E-state index < -0.39 is 0 Å². The van der Waals surface area contributed by atoms with Crippen molar-refractivity contribution in [2.75, 3.05) is 18.0 Å². The Morgan fingerprint density at radius 3 is 3.00 bits per heavy atom. The standard InChI is InChI=1S/C14H18N4S/c1-11-5-4-9-18(10-7-11)14-17-16-13(19-14)12-6-2-3-8-15-12/h2-3,6,8,11H,4-5,7,9-10H2,1H3. The van der Waals surface area contributed by atoms with Gasteiger partial charge in [-0.15, -0.1) is 10.2 Å². The van der Waals surface area contributed by atoms with Crippen LogP contribution in [0.2, 0.25) is 0 Å². The highest BCUT2D eigenvalue weighted by Gasteiger charge is 2.18. The third-order valence-corrected chi connectivity index (χ3v) is 4.59. The van der Waals surface area contributed by atoms with Crippen LogP contribution in [0.3, 0.4) is 0 Å². The van der Waals surface area contributed by atoms with E-state index in [9.17, 15) is 0 Å². The van der Waals surface area contributed by atoms with E-state index in [1.54, 1.807) is 17.5 Å². The molecule has 0 N–H and O–H groups in total. The highest BCUT2D eigenvalue weighted by Crippen LogP contribution is 2.29. The van der Waals surface area contributed by atoms with Crippen LogP contribution in [-0.2, 0) is 0 Å². The van der Waals surface area contributed by atoms with Crippen LogP contribution in [0.15, 0.2) is 24.4 Å². The fourth-order valence-electron chi connectivity index (χ4n) is 2.39. The molecule has 1 aliphatic rings. The van der Waals surface area contributed by atoms with Crippen LogP contribution >= 0.6 is 11.3 Å². The smallest absolute Gasteiger partial charge is 0.208 e. The first kappa shape index (κ1) is 12.5. The Hall–Kier alpha value is -1.49. The zero-order valence-corrected chi connectivity index (χ0v) is 11.9. The minimum atomic E-state index is 0.827. The maximum atomic E-state index is 4.34. The van der Waals surface area contributed by atoms with Gasteiger partial charge in [0.1, 0.15) is 5.69 Å². The number of hydrogen-bond donors (Lipinski definition) is 0. The zero-order chi connectivity index (χ0) is 13.1. The molecule has 1 aliphatic heterocycles. The van der Waals surface area contributed by atoms with Crippen molar-refractivity contribution in [2.45, 2.75) is 26.2 Å². The molecular weight excluding hydrogens is 256 g/mol. The Morgan fingerprint density at radius 1 is 1.21 bits per heavy atom. The Morgan fingerprint density at radius 2 is 2.16 bits per heavy atom. The molecule has 3 rings (SSSR count). The van der Waals surface area contributed by atoms with E-state index in [0.29, 0.717) is 0 Å². The topological polar surface area (TPSA) is 41.9 Å². The molecule has 1 fully saturated rings. The molecular formula is C14H18N4S. The third kappa shape index (κ3) is 2.92. The number of anilines is 1. The van der Waals surface area contributed by atoms with Crippen LogP contribution in [0.5, 0.6) is 0 Å². The minimum Gasteiger partial charge on any atom is -0.347 e. The van der Waals surface area contributed by atoms with Crippen molar-refractivity contribution in [3.05, 3.63) is 24.4 Å². The number of rotatable bonds is 2. The molecule has 3 heterocycles. The summed E-state index contributed by atoms with van der Waals surface area (Å²) in [6, 6.07) is 5.88. The molecule has 0 amide bonds. The minimum absolute atomic E-state index is 0.827. The van der Waals surface area contributed by atoms with Gasteiger partial charge in [-0.1, -0.05) is 24.3 Å². The lowest BCUT2D eigenvalue weighted by Gasteiger charge is -2.18. The fourth-order valence-corrected chi connectivity index (χ4v) is 3.26. The van der Waals surface area contributed by atoms with Gasteiger partial charge < -0.3 is 4.90 Å². The van der Waals surface area contributed by atoms with Crippen LogP contribution in [0.1, 0.15) is 26.2 Å². The fraction of sp³-hybridized carbons (Fsp3) is 0.500. The lowest BCUT2D eigenvalue weighted by molar-refractivity contribution is 0.521. The first-order valence-corrected chi connectivity index (χ1v) is 7.64.